The number of aliphatic hydroxyl groups excluding tert-OH is 1. The summed E-state index contributed by atoms with van der Waals surface area (Å²) in [4.78, 5) is 20.2. The summed E-state index contributed by atoms with van der Waals surface area (Å²) in [6, 6.07) is 19.8. The monoisotopic (exact) mass is 720 g/mol. The second-order valence-corrected chi connectivity index (χ2v) is 6.32. The van der Waals surface area contributed by atoms with Crippen LogP contribution in [0.2, 0.25) is 0 Å². The number of esters is 2. The van der Waals surface area contributed by atoms with Crippen LogP contribution in [0, 0.1) is 12.1 Å². The van der Waals surface area contributed by atoms with Gasteiger partial charge in [0, 0.05) is 32.5 Å². The zero-order chi connectivity index (χ0) is 30.5. The molecule has 226 valence electrons. The summed E-state index contributed by atoms with van der Waals surface area (Å²) >= 11 is 0. The molecule has 0 spiro atoms. The van der Waals surface area contributed by atoms with Gasteiger partial charge in [-0.2, -0.15) is 36.4 Å². The first-order valence-corrected chi connectivity index (χ1v) is 13.7. The van der Waals surface area contributed by atoms with Gasteiger partial charge in [0.2, 0.25) is 0 Å². The predicted molar refractivity (Wildman–Crippen MR) is 161 cm³/mol. The largest absolute Gasteiger partial charge is 2.00 e. The Morgan fingerprint density at radius 3 is 1.18 bits per heavy atom. The molecule has 1 N–H and O–H groups in total. The summed E-state index contributed by atoms with van der Waals surface area (Å²) < 4.78 is 14.1. The van der Waals surface area contributed by atoms with Crippen molar-refractivity contribution in [1.82, 2.24) is 0 Å². The number of benzene rings is 2. The van der Waals surface area contributed by atoms with Crippen LogP contribution in [0.25, 0.3) is 0 Å². The minimum atomic E-state index is -0.300. The Hall–Kier alpha value is -2.17. The van der Waals surface area contributed by atoms with Gasteiger partial charge in [-0.15, -0.1) is 24.3 Å². The third-order valence-electron chi connectivity index (χ3n) is 3.72. The van der Waals surface area contributed by atoms with Gasteiger partial charge in [-0.25, -0.2) is 0 Å². The van der Waals surface area contributed by atoms with Crippen LogP contribution >= 0.6 is 0 Å². The van der Waals surface area contributed by atoms with E-state index in [9.17, 15) is 9.59 Å². The maximum absolute atomic E-state index is 10.4. The SMILES string of the molecule is C1CCCCC1.CC.CC.CC.CC(=O)Oc1cc[c-]cc1.CCOC(C)=O.CO.COc1cc[c-]cc1.[W+2]. The van der Waals surface area contributed by atoms with Crippen LogP contribution in [0.5, 0.6) is 11.5 Å². The molecule has 0 bridgehead atoms. The summed E-state index contributed by atoms with van der Waals surface area (Å²) in [6.45, 7) is 17.0. The molecule has 2 aromatic carbocycles. The second kappa shape index (κ2) is 48.8. The zero-order valence-corrected chi connectivity index (χ0v) is 29.4. The summed E-state index contributed by atoms with van der Waals surface area (Å²) in [5.74, 6) is 0.929. The van der Waals surface area contributed by atoms with Crippen molar-refractivity contribution in [2.75, 3.05) is 20.8 Å². The van der Waals surface area contributed by atoms with Gasteiger partial charge >= 0.3 is 33.0 Å². The average Bonchev–Trinajstić information content (AvgIpc) is 3.00. The molecule has 0 amide bonds. The first kappa shape index (κ1) is 49.7. The van der Waals surface area contributed by atoms with Crippen molar-refractivity contribution in [2.24, 2.45) is 0 Å². The van der Waals surface area contributed by atoms with Crippen molar-refractivity contribution < 1.29 is 50.0 Å². The van der Waals surface area contributed by atoms with Crippen molar-refractivity contribution in [2.45, 2.75) is 101 Å². The van der Waals surface area contributed by atoms with Gasteiger partial charge in [-0.3, -0.25) is 9.59 Å². The maximum atomic E-state index is 10.4. The second-order valence-electron chi connectivity index (χ2n) is 6.32. The number of hydrogen-bond donors (Lipinski definition) is 1. The Bertz CT molecular complexity index is 651. The molecule has 1 aliphatic carbocycles. The predicted octanol–water partition coefficient (Wildman–Crippen LogP) is 8.50. The van der Waals surface area contributed by atoms with Crippen molar-refractivity contribution in [3.63, 3.8) is 0 Å². The van der Waals surface area contributed by atoms with Crippen molar-refractivity contribution >= 4 is 11.9 Å². The normalized spacial score (nSPS) is 9.54. The van der Waals surface area contributed by atoms with Crippen LogP contribution < -0.4 is 9.47 Å². The van der Waals surface area contributed by atoms with Gasteiger partial charge in [0.1, 0.15) is 0 Å². The molecule has 39 heavy (non-hydrogen) atoms. The Kier molecular flexibility index (Phi) is 62.3. The minimum absolute atomic E-state index is 0. The summed E-state index contributed by atoms with van der Waals surface area (Å²) in [6.07, 6.45) is 9.00. The molecule has 0 aliphatic heterocycles. The number of methoxy groups -OCH3 is 1. The molecule has 0 aromatic heterocycles. The third-order valence-corrected chi connectivity index (χ3v) is 3.72. The Morgan fingerprint density at radius 1 is 0.692 bits per heavy atom. The van der Waals surface area contributed by atoms with Gasteiger partial charge in [-0.1, -0.05) is 80.1 Å². The number of hydrogen-bond acceptors (Lipinski definition) is 6. The van der Waals surface area contributed by atoms with Crippen LogP contribution in [0.1, 0.15) is 101 Å². The summed E-state index contributed by atoms with van der Waals surface area (Å²) in [5.41, 5.74) is 0. The zero-order valence-electron chi connectivity index (χ0n) is 26.5. The molecule has 0 radical (unpaired) electrons. The van der Waals surface area contributed by atoms with Crippen molar-refractivity contribution in [1.29, 1.82) is 0 Å². The Labute approximate surface area is 255 Å². The molecule has 1 saturated carbocycles. The van der Waals surface area contributed by atoms with Gasteiger partial charge in [0.25, 0.3) is 0 Å². The number of carbonyl (C=O) groups excluding carboxylic acids is 2. The van der Waals surface area contributed by atoms with E-state index < -0.39 is 0 Å². The molecule has 3 rings (SSSR count). The van der Waals surface area contributed by atoms with Crippen molar-refractivity contribution in [3.8, 4) is 11.5 Å². The fourth-order valence-corrected chi connectivity index (χ4v) is 2.38. The standard InChI is InChI=1S/C8H7O2.C7H7O.C6H12.C4H8O2.3C2H6.CH4O.W/c1-7(9)10-8-5-3-2-4-6-8;1-8-7-5-3-2-4-6-7;1-2-4-6-5-3-1;1-3-6-4(2)5;4*1-2;/h3-6H,1H3;3-6H,1H3;1-6H2;3H2,1-2H3;3*1-2H3;2H,1H3;/q2*-1;;;;;;;+2. The van der Waals surface area contributed by atoms with Gasteiger partial charge in [0.15, 0.2) is 0 Å². The van der Waals surface area contributed by atoms with Gasteiger partial charge < -0.3 is 19.3 Å². The van der Waals surface area contributed by atoms with Crippen LogP contribution in [0.15, 0.2) is 48.5 Å². The van der Waals surface area contributed by atoms with E-state index in [-0.39, 0.29) is 33.0 Å². The molecular weight excluding hydrogens is 664 g/mol. The molecule has 0 atom stereocenters. The molecule has 1 aliphatic rings. The average molecular weight is 721 g/mol. The van der Waals surface area contributed by atoms with E-state index in [4.69, 9.17) is 14.6 Å². The molecule has 0 saturated heterocycles. The molecule has 0 unspecified atom stereocenters. The van der Waals surface area contributed by atoms with E-state index in [0.29, 0.717) is 12.4 Å². The molecule has 7 heteroatoms. The Morgan fingerprint density at radius 2 is 1.00 bits per heavy atom. The first-order chi connectivity index (χ1) is 18.5. The number of aliphatic hydroxyl groups is 1. The molecule has 6 nitrogen and oxygen atoms in total. The minimum Gasteiger partial charge on any atom is -0.522 e. The van der Waals surface area contributed by atoms with Crippen LogP contribution in [0.3, 0.4) is 0 Å². The van der Waals surface area contributed by atoms with Crippen LogP contribution in [-0.4, -0.2) is 37.9 Å². The molecule has 2 aromatic rings. The van der Waals surface area contributed by atoms with Crippen LogP contribution in [0.4, 0.5) is 0 Å². The fourth-order valence-electron chi connectivity index (χ4n) is 2.38. The fraction of sp³-hybridized carbons (Fsp3) is 0.562. The topological polar surface area (TPSA) is 82.1 Å². The van der Waals surface area contributed by atoms with E-state index in [1.807, 2.05) is 65.8 Å². The van der Waals surface area contributed by atoms with E-state index in [1.54, 1.807) is 38.3 Å². The maximum Gasteiger partial charge on any atom is 2.00 e. The van der Waals surface area contributed by atoms with E-state index in [0.717, 1.165) is 12.9 Å². The van der Waals surface area contributed by atoms with Crippen LogP contribution in [-0.2, 0) is 35.4 Å². The van der Waals surface area contributed by atoms with E-state index >= 15 is 0 Å². The number of carbonyl (C=O) groups is 2. The summed E-state index contributed by atoms with van der Waals surface area (Å²) in [5, 5.41) is 7.00. The Balaban J connectivity index is -0.0000000862. The van der Waals surface area contributed by atoms with Gasteiger partial charge in [0.05, 0.1) is 13.7 Å². The summed E-state index contributed by atoms with van der Waals surface area (Å²) in [7, 11) is 2.65. The van der Waals surface area contributed by atoms with E-state index in [2.05, 4.69) is 16.9 Å². The van der Waals surface area contributed by atoms with E-state index in [1.165, 1.54) is 52.4 Å². The molecule has 1 fully saturated rings. The smallest absolute Gasteiger partial charge is 0.522 e. The number of ether oxygens (including phenoxy) is 3. The van der Waals surface area contributed by atoms with Crippen molar-refractivity contribution in [3.05, 3.63) is 60.7 Å². The third kappa shape index (κ3) is 49.3. The first-order valence-electron chi connectivity index (χ1n) is 13.7. The quantitative estimate of drug-likeness (QED) is 0.195. The molecule has 0 heterocycles. The van der Waals surface area contributed by atoms with Gasteiger partial charge in [-0.05, 0) is 6.92 Å². The number of rotatable bonds is 3. The molecular formula is C32H56O6W.